The minimum absolute atomic E-state index is 0.255. The molecule has 1 amide bonds. The molecular formula is C22H27NO5S2. The van der Waals surface area contributed by atoms with Crippen molar-refractivity contribution in [2.45, 2.75) is 53.4 Å². The third-order valence-electron chi connectivity index (χ3n) is 5.16. The van der Waals surface area contributed by atoms with E-state index in [9.17, 15) is 14.4 Å². The molecular weight excluding hydrogens is 422 g/mol. The van der Waals surface area contributed by atoms with Crippen LogP contribution < -0.4 is 5.32 Å². The molecule has 0 unspecified atom stereocenters. The number of ether oxygens (including phenoxy) is 2. The van der Waals surface area contributed by atoms with Gasteiger partial charge in [0.2, 0.25) is 0 Å². The standard InChI is InChI=1S/C22H27NO5S2/c1-5-15-13(4)29-20(19(15)22(26)27-6-2)23-18(24)11-28-21(25)17-10-14-9-12(3)7-8-16(14)30-17/h10,12H,5-9,11H2,1-4H3,(H,23,24)/t12-/m1/s1. The molecule has 0 bridgehead atoms. The molecule has 1 N–H and O–H groups in total. The topological polar surface area (TPSA) is 81.7 Å². The van der Waals surface area contributed by atoms with Crippen molar-refractivity contribution in [1.82, 2.24) is 0 Å². The number of amides is 1. The van der Waals surface area contributed by atoms with Gasteiger partial charge in [0.15, 0.2) is 6.61 Å². The number of nitrogens with one attached hydrogen (secondary N) is 1. The van der Waals surface area contributed by atoms with E-state index in [1.54, 1.807) is 6.92 Å². The predicted octanol–water partition coefficient (Wildman–Crippen LogP) is 4.78. The van der Waals surface area contributed by atoms with E-state index in [0.717, 1.165) is 29.7 Å². The van der Waals surface area contributed by atoms with Crippen molar-refractivity contribution in [2.75, 3.05) is 18.5 Å². The lowest BCUT2D eigenvalue weighted by molar-refractivity contribution is -0.119. The fourth-order valence-electron chi connectivity index (χ4n) is 3.68. The zero-order chi connectivity index (χ0) is 21.8. The third kappa shape index (κ3) is 4.92. The maximum absolute atomic E-state index is 12.4. The molecule has 0 aliphatic heterocycles. The lowest BCUT2D eigenvalue weighted by atomic mass is 9.90. The molecule has 0 saturated carbocycles. The van der Waals surface area contributed by atoms with Crippen LogP contribution in [0.3, 0.4) is 0 Å². The molecule has 162 valence electrons. The van der Waals surface area contributed by atoms with Crippen molar-refractivity contribution in [2.24, 2.45) is 5.92 Å². The van der Waals surface area contributed by atoms with Crippen molar-refractivity contribution >= 4 is 45.5 Å². The molecule has 0 radical (unpaired) electrons. The van der Waals surface area contributed by atoms with E-state index in [1.807, 2.05) is 19.9 Å². The fraction of sp³-hybridized carbons (Fsp3) is 0.500. The van der Waals surface area contributed by atoms with Crippen LogP contribution in [0.2, 0.25) is 0 Å². The van der Waals surface area contributed by atoms with Crippen LogP contribution in [0.1, 0.15) is 68.1 Å². The molecule has 8 heteroatoms. The van der Waals surface area contributed by atoms with Crippen molar-refractivity contribution < 1.29 is 23.9 Å². The molecule has 1 aliphatic rings. The number of hydrogen-bond acceptors (Lipinski definition) is 7. The summed E-state index contributed by atoms with van der Waals surface area (Å²) >= 11 is 2.78. The zero-order valence-corrected chi connectivity index (χ0v) is 19.4. The van der Waals surface area contributed by atoms with Crippen LogP contribution >= 0.6 is 22.7 Å². The second kappa shape index (κ2) is 9.75. The van der Waals surface area contributed by atoms with E-state index in [4.69, 9.17) is 9.47 Å². The van der Waals surface area contributed by atoms with Gasteiger partial charge >= 0.3 is 11.9 Å². The van der Waals surface area contributed by atoms with Gasteiger partial charge in [0.1, 0.15) is 9.88 Å². The molecule has 0 aromatic carbocycles. The Hall–Kier alpha value is -2.19. The second-order valence-corrected chi connectivity index (χ2v) is 9.81. The highest BCUT2D eigenvalue weighted by Crippen LogP contribution is 2.34. The van der Waals surface area contributed by atoms with Crippen LogP contribution in [0.25, 0.3) is 0 Å². The first-order valence-corrected chi connectivity index (χ1v) is 11.8. The van der Waals surface area contributed by atoms with Crippen molar-refractivity contribution in [1.29, 1.82) is 0 Å². The van der Waals surface area contributed by atoms with Gasteiger partial charge in [-0.25, -0.2) is 9.59 Å². The first kappa shape index (κ1) is 22.5. The van der Waals surface area contributed by atoms with Gasteiger partial charge in [0.25, 0.3) is 5.91 Å². The number of carbonyl (C=O) groups is 3. The maximum atomic E-state index is 12.4. The second-order valence-electron chi connectivity index (χ2n) is 7.45. The van der Waals surface area contributed by atoms with E-state index < -0.39 is 24.5 Å². The Labute approximate surface area is 184 Å². The quantitative estimate of drug-likeness (QED) is 0.616. The van der Waals surface area contributed by atoms with Crippen LogP contribution in [-0.2, 0) is 33.5 Å². The summed E-state index contributed by atoms with van der Waals surface area (Å²) in [6, 6.07) is 1.89. The molecule has 0 saturated heterocycles. The predicted molar refractivity (Wildman–Crippen MR) is 119 cm³/mol. The van der Waals surface area contributed by atoms with Gasteiger partial charge in [-0.05, 0) is 62.6 Å². The first-order chi connectivity index (χ1) is 14.3. The largest absolute Gasteiger partial charge is 0.462 e. The smallest absolute Gasteiger partial charge is 0.348 e. The summed E-state index contributed by atoms with van der Waals surface area (Å²) in [5.74, 6) is -0.797. The minimum atomic E-state index is -0.487. The number of hydrogen-bond donors (Lipinski definition) is 1. The monoisotopic (exact) mass is 449 g/mol. The number of thiophene rings is 2. The average molecular weight is 450 g/mol. The number of carbonyl (C=O) groups excluding carboxylic acids is 3. The number of esters is 2. The summed E-state index contributed by atoms with van der Waals surface area (Å²) in [7, 11) is 0. The lowest BCUT2D eigenvalue weighted by Crippen LogP contribution is -2.21. The van der Waals surface area contributed by atoms with E-state index in [-0.39, 0.29) is 6.61 Å². The van der Waals surface area contributed by atoms with Crippen LogP contribution in [0, 0.1) is 12.8 Å². The molecule has 1 aliphatic carbocycles. The van der Waals surface area contributed by atoms with Crippen molar-refractivity contribution in [3.05, 3.63) is 37.4 Å². The zero-order valence-electron chi connectivity index (χ0n) is 17.8. The Morgan fingerprint density at radius 1 is 1.17 bits per heavy atom. The van der Waals surface area contributed by atoms with Crippen LogP contribution in [0.5, 0.6) is 0 Å². The van der Waals surface area contributed by atoms with Gasteiger partial charge in [0.05, 0.1) is 12.2 Å². The molecule has 30 heavy (non-hydrogen) atoms. The third-order valence-corrected chi connectivity index (χ3v) is 7.44. The molecule has 2 aromatic heterocycles. The molecule has 1 atom stereocenters. The Bertz CT molecular complexity index is 959. The van der Waals surface area contributed by atoms with E-state index in [2.05, 4.69) is 12.2 Å². The summed E-state index contributed by atoms with van der Waals surface area (Å²) in [5, 5.41) is 3.15. The van der Waals surface area contributed by atoms with Gasteiger partial charge in [-0.3, -0.25) is 4.79 Å². The molecule has 6 nitrogen and oxygen atoms in total. The lowest BCUT2D eigenvalue weighted by Gasteiger charge is -2.16. The number of fused-ring (bicyclic) bond motifs is 1. The average Bonchev–Trinajstić information content (AvgIpc) is 3.26. The highest BCUT2D eigenvalue weighted by Gasteiger charge is 2.25. The van der Waals surface area contributed by atoms with Gasteiger partial charge in [-0.1, -0.05) is 13.8 Å². The highest BCUT2D eigenvalue weighted by molar-refractivity contribution is 7.16. The summed E-state index contributed by atoms with van der Waals surface area (Å²) in [6.07, 6.45) is 3.76. The molecule has 2 heterocycles. The Kier molecular flexibility index (Phi) is 7.31. The number of rotatable bonds is 7. The van der Waals surface area contributed by atoms with E-state index in [0.29, 0.717) is 27.8 Å². The molecule has 3 rings (SSSR count). The van der Waals surface area contributed by atoms with Gasteiger partial charge in [0, 0.05) is 9.75 Å². The minimum Gasteiger partial charge on any atom is -0.462 e. The summed E-state index contributed by atoms with van der Waals surface area (Å²) < 4.78 is 10.4. The summed E-state index contributed by atoms with van der Waals surface area (Å²) in [5.41, 5.74) is 2.47. The van der Waals surface area contributed by atoms with Crippen molar-refractivity contribution in [3.8, 4) is 0 Å². The summed E-state index contributed by atoms with van der Waals surface area (Å²) in [4.78, 5) is 39.9. The van der Waals surface area contributed by atoms with E-state index in [1.165, 1.54) is 33.1 Å². The number of anilines is 1. The van der Waals surface area contributed by atoms with Crippen LogP contribution in [0.15, 0.2) is 6.07 Å². The van der Waals surface area contributed by atoms with Crippen molar-refractivity contribution in [3.63, 3.8) is 0 Å². The molecule has 0 spiro atoms. The Morgan fingerprint density at radius 3 is 2.63 bits per heavy atom. The van der Waals surface area contributed by atoms with Gasteiger partial charge in [-0.15, -0.1) is 22.7 Å². The first-order valence-electron chi connectivity index (χ1n) is 10.2. The normalized spacial score (nSPS) is 15.4. The fourth-order valence-corrected chi connectivity index (χ4v) is 5.93. The van der Waals surface area contributed by atoms with Gasteiger partial charge in [-0.2, -0.15) is 0 Å². The SMILES string of the molecule is CCOC(=O)c1c(NC(=O)COC(=O)c2cc3c(s2)CC[C@@H](C)C3)sc(C)c1CC. The Balaban J connectivity index is 1.64. The molecule has 2 aromatic rings. The van der Waals surface area contributed by atoms with E-state index >= 15 is 0 Å². The van der Waals surface area contributed by atoms with Crippen LogP contribution in [-0.4, -0.2) is 31.1 Å². The molecule has 0 fully saturated rings. The number of aryl methyl sites for hydroxylation is 2. The van der Waals surface area contributed by atoms with Gasteiger partial charge < -0.3 is 14.8 Å². The highest BCUT2D eigenvalue weighted by atomic mass is 32.1. The maximum Gasteiger partial charge on any atom is 0.348 e. The Morgan fingerprint density at radius 2 is 1.93 bits per heavy atom. The van der Waals surface area contributed by atoms with Crippen LogP contribution in [0.4, 0.5) is 5.00 Å². The summed E-state index contributed by atoms with van der Waals surface area (Å²) in [6.45, 7) is 7.66.